The minimum Gasteiger partial charge on any atom is -0.380 e. The SMILES string of the molecule is CC(C)C(=O)c1ncc(C2CC3(COC3)C2)cc1NC(=O)CNCc1ccncn1.[HH].[HH]. The molecule has 3 heterocycles. The molecule has 2 aromatic heterocycles. The number of nitrogens with zero attached hydrogens (tertiary/aromatic N) is 3. The van der Waals surface area contributed by atoms with Gasteiger partial charge in [-0.05, 0) is 36.5 Å². The van der Waals surface area contributed by atoms with E-state index in [0.717, 1.165) is 37.3 Å². The van der Waals surface area contributed by atoms with Crippen LogP contribution in [0, 0.1) is 11.3 Å². The van der Waals surface area contributed by atoms with Crippen molar-refractivity contribution in [3.63, 3.8) is 0 Å². The highest BCUT2D eigenvalue weighted by molar-refractivity contribution is 6.04. The zero-order chi connectivity index (χ0) is 21.1. The molecule has 1 aliphatic carbocycles. The molecule has 30 heavy (non-hydrogen) atoms. The molecule has 2 aromatic rings. The summed E-state index contributed by atoms with van der Waals surface area (Å²) in [5.41, 5.74) is 3.02. The number of nitrogens with one attached hydrogen (secondary N) is 2. The average Bonchev–Trinajstić information content (AvgIpc) is 2.66. The summed E-state index contributed by atoms with van der Waals surface area (Å²) in [5.74, 6) is -0.105. The number of carbonyl (C=O) groups is 2. The van der Waals surface area contributed by atoms with Gasteiger partial charge >= 0.3 is 0 Å². The van der Waals surface area contributed by atoms with E-state index in [1.807, 2.05) is 19.9 Å². The van der Waals surface area contributed by atoms with Crippen molar-refractivity contribution >= 4 is 17.4 Å². The Morgan fingerprint density at radius 1 is 1.30 bits per heavy atom. The highest BCUT2D eigenvalue weighted by Gasteiger charge is 2.50. The van der Waals surface area contributed by atoms with Gasteiger partial charge in [-0.1, -0.05) is 13.8 Å². The van der Waals surface area contributed by atoms with Gasteiger partial charge in [0.2, 0.25) is 5.91 Å². The van der Waals surface area contributed by atoms with Crippen molar-refractivity contribution in [2.75, 3.05) is 25.1 Å². The summed E-state index contributed by atoms with van der Waals surface area (Å²) in [6.45, 7) is 5.90. The number of hydrogen-bond donors (Lipinski definition) is 2. The van der Waals surface area contributed by atoms with Gasteiger partial charge in [0.15, 0.2) is 5.78 Å². The largest absolute Gasteiger partial charge is 0.380 e. The lowest BCUT2D eigenvalue weighted by molar-refractivity contribution is -0.164. The first-order valence-electron chi connectivity index (χ1n) is 10.3. The number of Topliss-reactive ketones (excluding diaryl/α,β-unsaturated/α-hetero) is 1. The maximum absolute atomic E-state index is 12.6. The smallest absolute Gasteiger partial charge is 0.238 e. The summed E-state index contributed by atoms with van der Waals surface area (Å²) < 4.78 is 5.35. The maximum Gasteiger partial charge on any atom is 0.238 e. The summed E-state index contributed by atoms with van der Waals surface area (Å²) in [5, 5.41) is 5.94. The van der Waals surface area contributed by atoms with Crippen molar-refractivity contribution in [2.45, 2.75) is 39.2 Å². The van der Waals surface area contributed by atoms with E-state index in [0.29, 0.717) is 29.3 Å². The van der Waals surface area contributed by atoms with E-state index in [-0.39, 0.29) is 27.0 Å². The van der Waals surface area contributed by atoms with Crippen LogP contribution in [0.3, 0.4) is 0 Å². The van der Waals surface area contributed by atoms with Crippen molar-refractivity contribution in [1.29, 1.82) is 0 Å². The van der Waals surface area contributed by atoms with Crippen LogP contribution in [0.2, 0.25) is 0 Å². The second-order valence-electron chi connectivity index (χ2n) is 8.63. The van der Waals surface area contributed by atoms with Crippen LogP contribution in [0.15, 0.2) is 30.9 Å². The molecule has 1 saturated carbocycles. The van der Waals surface area contributed by atoms with Gasteiger partial charge in [0.1, 0.15) is 12.0 Å². The number of hydrogen-bond acceptors (Lipinski definition) is 7. The van der Waals surface area contributed by atoms with Gasteiger partial charge in [-0.15, -0.1) is 0 Å². The van der Waals surface area contributed by atoms with E-state index in [2.05, 4.69) is 25.6 Å². The molecule has 1 amide bonds. The van der Waals surface area contributed by atoms with Gasteiger partial charge in [-0.3, -0.25) is 14.6 Å². The quantitative estimate of drug-likeness (QED) is 0.641. The number of aromatic nitrogens is 3. The van der Waals surface area contributed by atoms with Gasteiger partial charge in [0.25, 0.3) is 0 Å². The highest BCUT2D eigenvalue weighted by atomic mass is 16.5. The van der Waals surface area contributed by atoms with Crippen LogP contribution in [0.25, 0.3) is 0 Å². The number of ketones is 1. The summed E-state index contributed by atoms with van der Waals surface area (Å²) in [6.07, 6.45) is 7.06. The summed E-state index contributed by atoms with van der Waals surface area (Å²) in [4.78, 5) is 37.6. The topological polar surface area (TPSA) is 106 Å². The molecular weight excluding hydrogens is 382 g/mol. The molecule has 0 unspecified atom stereocenters. The lowest BCUT2D eigenvalue weighted by Gasteiger charge is -2.53. The lowest BCUT2D eigenvalue weighted by atomic mass is 9.59. The van der Waals surface area contributed by atoms with E-state index in [1.54, 1.807) is 18.5 Å². The number of ether oxygens (including phenoxy) is 1. The van der Waals surface area contributed by atoms with Crippen molar-refractivity contribution in [2.24, 2.45) is 11.3 Å². The third-order valence-corrected chi connectivity index (χ3v) is 5.82. The van der Waals surface area contributed by atoms with Crippen LogP contribution in [-0.2, 0) is 16.1 Å². The molecular formula is C22H31N5O3. The minimum atomic E-state index is -0.224. The van der Waals surface area contributed by atoms with E-state index < -0.39 is 0 Å². The fourth-order valence-electron chi connectivity index (χ4n) is 4.04. The van der Waals surface area contributed by atoms with E-state index >= 15 is 0 Å². The van der Waals surface area contributed by atoms with Gasteiger partial charge in [-0.25, -0.2) is 9.97 Å². The molecule has 0 bridgehead atoms. The number of amides is 1. The van der Waals surface area contributed by atoms with Crippen molar-refractivity contribution in [3.8, 4) is 0 Å². The van der Waals surface area contributed by atoms with Gasteiger partial charge in [0, 0.05) is 33.1 Å². The summed E-state index contributed by atoms with van der Waals surface area (Å²) in [6, 6.07) is 3.71. The number of rotatable bonds is 8. The number of pyridine rings is 1. The third kappa shape index (κ3) is 4.39. The van der Waals surface area contributed by atoms with Crippen LogP contribution in [0.5, 0.6) is 0 Å². The molecule has 2 aliphatic rings. The Morgan fingerprint density at radius 2 is 2.10 bits per heavy atom. The number of carbonyl (C=O) groups excluding carboxylic acids is 2. The van der Waals surface area contributed by atoms with Gasteiger partial charge < -0.3 is 15.4 Å². The van der Waals surface area contributed by atoms with Gasteiger partial charge in [0.05, 0.1) is 31.1 Å². The molecule has 2 N–H and O–H groups in total. The zero-order valence-corrected chi connectivity index (χ0v) is 17.4. The van der Waals surface area contributed by atoms with Crippen LogP contribution in [0.1, 0.15) is 57.2 Å². The molecule has 0 aromatic carbocycles. The van der Waals surface area contributed by atoms with E-state index in [1.165, 1.54) is 6.33 Å². The predicted molar refractivity (Wildman–Crippen MR) is 115 cm³/mol. The molecule has 0 atom stereocenters. The zero-order valence-electron chi connectivity index (χ0n) is 17.4. The summed E-state index contributed by atoms with van der Waals surface area (Å²) >= 11 is 0. The highest BCUT2D eigenvalue weighted by Crippen LogP contribution is 2.55. The first kappa shape index (κ1) is 20.6. The van der Waals surface area contributed by atoms with E-state index in [4.69, 9.17) is 4.74 Å². The normalized spacial score (nSPS) is 17.4. The van der Waals surface area contributed by atoms with Crippen molar-refractivity contribution in [1.82, 2.24) is 20.3 Å². The van der Waals surface area contributed by atoms with E-state index in [9.17, 15) is 9.59 Å². The van der Waals surface area contributed by atoms with Crippen LogP contribution in [0.4, 0.5) is 5.69 Å². The maximum atomic E-state index is 12.6. The molecule has 8 nitrogen and oxygen atoms in total. The molecule has 1 saturated heterocycles. The molecule has 0 radical (unpaired) electrons. The predicted octanol–water partition coefficient (Wildman–Crippen LogP) is 2.82. The molecule has 4 rings (SSSR count). The molecule has 1 spiro atoms. The molecule has 162 valence electrons. The second kappa shape index (κ2) is 8.57. The van der Waals surface area contributed by atoms with Crippen molar-refractivity contribution < 1.29 is 17.2 Å². The monoisotopic (exact) mass is 413 g/mol. The Bertz CT molecular complexity index is 930. The van der Waals surface area contributed by atoms with Crippen LogP contribution >= 0.6 is 0 Å². The Balaban J connectivity index is 0.00000181. The third-order valence-electron chi connectivity index (χ3n) is 5.82. The lowest BCUT2D eigenvalue weighted by Crippen LogP contribution is -2.51. The number of anilines is 1. The van der Waals surface area contributed by atoms with Crippen molar-refractivity contribution in [3.05, 3.63) is 47.8 Å². The second-order valence-corrected chi connectivity index (χ2v) is 8.63. The first-order valence-corrected chi connectivity index (χ1v) is 10.3. The summed E-state index contributed by atoms with van der Waals surface area (Å²) in [7, 11) is 0. The Hall–Kier alpha value is -2.71. The molecule has 2 fully saturated rings. The fourth-order valence-corrected chi connectivity index (χ4v) is 4.04. The fraction of sp³-hybridized carbons (Fsp3) is 0.500. The minimum absolute atomic E-state index is 0. The first-order chi connectivity index (χ1) is 14.5. The van der Waals surface area contributed by atoms with Gasteiger partial charge in [-0.2, -0.15) is 0 Å². The Kier molecular flexibility index (Phi) is 5.87. The Morgan fingerprint density at radius 3 is 2.73 bits per heavy atom. The van der Waals surface area contributed by atoms with Crippen LogP contribution < -0.4 is 10.6 Å². The molecule has 8 heteroatoms. The Labute approximate surface area is 178 Å². The molecule has 1 aliphatic heterocycles. The standard InChI is InChI=1S/C22H27N5O3.2H2/c1-14(2)21(29)20-18(27-19(28)10-24-9-17-3-4-23-13-26-17)5-15(8-25-20)16-6-22(7-16)11-30-12-22;;/h3-5,8,13-14,16,24H,6-7,9-12H2,1-2H3,(H,27,28);2*1H. The average molecular weight is 414 g/mol. The van der Waals surface area contributed by atoms with Crippen LogP contribution in [-0.4, -0.2) is 46.4 Å².